The fourth-order valence-corrected chi connectivity index (χ4v) is 1.88. The highest BCUT2D eigenvalue weighted by atomic mass is 14.9. The summed E-state index contributed by atoms with van der Waals surface area (Å²) >= 11 is 0. The van der Waals surface area contributed by atoms with Crippen LogP contribution in [-0.4, -0.2) is 13.1 Å². The van der Waals surface area contributed by atoms with E-state index >= 15 is 0 Å². The zero-order valence-electron chi connectivity index (χ0n) is 7.79. The first kappa shape index (κ1) is 8.52. The fourth-order valence-electron chi connectivity index (χ4n) is 1.88. The maximum atomic E-state index is 3.78. The molecule has 0 bridgehead atoms. The Labute approximate surface area is 79.5 Å². The molecule has 1 N–H and O–H groups in total. The predicted octanol–water partition coefficient (Wildman–Crippen LogP) is 2.41. The van der Waals surface area contributed by atoms with Gasteiger partial charge in [-0.25, -0.2) is 0 Å². The molecule has 13 heavy (non-hydrogen) atoms. The molecule has 1 saturated heterocycles. The van der Waals surface area contributed by atoms with E-state index in [0.717, 1.165) is 13.1 Å². The minimum absolute atomic E-state index is 0.708. The first-order valence-corrected chi connectivity index (χ1v) is 4.83. The van der Waals surface area contributed by atoms with Crippen LogP contribution in [0, 0.1) is 0 Å². The topological polar surface area (TPSA) is 12.0 Å². The van der Waals surface area contributed by atoms with Crippen molar-refractivity contribution in [1.29, 1.82) is 0 Å². The van der Waals surface area contributed by atoms with Gasteiger partial charge in [0.15, 0.2) is 0 Å². The molecular formula is C12H15N. The van der Waals surface area contributed by atoms with Gasteiger partial charge in [0.1, 0.15) is 0 Å². The average Bonchev–Trinajstić information content (AvgIpc) is 2.71. The molecule has 1 aliphatic rings. The quantitative estimate of drug-likeness (QED) is 0.724. The summed E-state index contributed by atoms with van der Waals surface area (Å²) in [7, 11) is 0. The van der Waals surface area contributed by atoms with Gasteiger partial charge in [-0.05, 0) is 30.0 Å². The lowest BCUT2D eigenvalue weighted by Gasteiger charge is -2.08. The van der Waals surface area contributed by atoms with E-state index < -0.39 is 0 Å². The van der Waals surface area contributed by atoms with Crippen LogP contribution in [0.15, 0.2) is 30.8 Å². The Hall–Kier alpha value is -1.08. The molecule has 0 radical (unpaired) electrons. The molecule has 1 aromatic rings. The number of hydrogen-bond acceptors (Lipinski definition) is 1. The molecule has 0 spiro atoms. The molecule has 2 rings (SSSR count). The highest BCUT2D eigenvalue weighted by Crippen LogP contribution is 2.23. The Bertz CT molecular complexity index is 298. The van der Waals surface area contributed by atoms with Gasteiger partial charge in [0.25, 0.3) is 0 Å². The summed E-state index contributed by atoms with van der Waals surface area (Å²) in [6.07, 6.45) is 3.17. The SMILES string of the molecule is C=Cc1cccc(C2CCNC2)c1. The second-order valence-electron chi connectivity index (χ2n) is 3.56. The van der Waals surface area contributed by atoms with E-state index in [1.807, 2.05) is 6.08 Å². The smallest absolute Gasteiger partial charge is 0.00206 e. The van der Waals surface area contributed by atoms with Gasteiger partial charge in [0.2, 0.25) is 0 Å². The normalized spacial score (nSPS) is 21.7. The molecule has 1 aliphatic heterocycles. The van der Waals surface area contributed by atoms with Crippen LogP contribution in [0.5, 0.6) is 0 Å². The standard InChI is InChI=1S/C12H15N/c1-2-10-4-3-5-11(8-10)12-6-7-13-9-12/h2-5,8,12-13H,1,6-7,9H2. The van der Waals surface area contributed by atoms with Crippen LogP contribution in [0.25, 0.3) is 6.08 Å². The lowest BCUT2D eigenvalue weighted by molar-refractivity contribution is 0.763. The Balaban J connectivity index is 2.23. The van der Waals surface area contributed by atoms with Gasteiger partial charge in [0.05, 0.1) is 0 Å². The van der Waals surface area contributed by atoms with E-state index in [2.05, 4.69) is 36.2 Å². The van der Waals surface area contributed by atoms with E-state index in [4.69, 9.17) is 0 Å². The average molecular weight is 173 g/mol. The van der Waals surface area contributed by atoms with Crippen LogP contribution in [0.3, 0.4) is 0 Å². The lowest BCUT2D eigenvalue weighted by Crippen LogP contribution is -2.07. The van der Waals surface area contributed by atoms with Gasteiger partial charge >= 0.3 is 0 Å². The second kappa shape index (κ2) is 3.75. The third-order valence-electron chi connectivity index (χ3n) is 2.68. The van der Waals surface area contributed by atoms with E-state index in [9.17, 15) is 0 Å². The predicted molar refractivity (Wildman–Crippen MR) is 56.8 cm³/mol. The maximum Gasteiger partial charge on any atom is 0.00206 e. The molecule has 0 saturated carbocycles. The number of nitrogens with one attached hydrogen (secondary N) is 1. The van der Waals surface area contributed by atoms with Gasteiger partial charge in [0, 0.05) is 6.54 Å². The zero-order valence-corrected chi connectivity index (χ0v) is 7.79. The van der Waals surface area contributed by atoms with Gasteiger partial charge in [-0.2, -0.15) is 0 Å². The summed E-state index contributed by atoms with van der Waals surface area (Å²) < 4.78 is 0. The third kappa shape index (κ3) is 1.81. The summed E-state index contributed by atoms with van der Waals surface area (Å²) in [6, 6.07) is 8.67. The molecule has 1 unspecified atom stereocenters. The number of benzene rings is 1. The third-order valence-corrected chi connectivity index (χ3v) is 2.68. The summed E-state index contributed by atoms with van der Waals surface area (Å²) in [4.78, 5) is 0. The molecule has 0 amide bonds. The molecular weight excluding hydrogens is 158 g/mol. The summed E-state index contributed by atoms with van der Waals surface area (Å²) in [5, 5.41) is 3.38. The largest absolute Gasteiger partial charge is 0.316 e. The van der Waals surface area contributed by atoms with Crippen LogP contribution in [0.2, 0.25) is 0 Å². The van der Waals surface area contributed by atoms with Gasteiger partial charge in [-0.15, -0.1) is 0 Å². The van der Waals surface area contributed by atoms with Crippen LogP contribution in [0.4, 0.5) is 0 Å². The summed E-state index contributed by atoms with van der Waals surface area (Å²) in [6.45, 7) is 6.06. The second-order valence-corrected chi connectivity index (χ2v) is 3.56. The van der Waals surface area contributed by atoms with Gasteiger partial charge in [-0.1, -0.05) is 36.9 Å². The van der Waals surface area contributed by atoms with E-state index in [-0.39, 0.29) is 0 Å². The van der Waals surface area contributed by atoms with E-state index in [1.54, 1.807) is 0 Å². The Kier molecular flexibility index (Phi) is 2.46. The van der Waals surface area contributed by atoms with Gasteiger partial charge in [-0.3, -0.25) is 0 Å². The molecule has 68 valence electrons. The van der Waals surface area contributed by atoms with Crippen molar-refractivity contribution in [3.8, 4) is 0 Å². The summed E-state index contributed by atoms with van der Waals surface area (Å²) in [5.41, 5.74) is 2.67. The summed E-state index contributed by atoms with van der Waals surface area (Å²) in [5.74, 6) is 0.708. The van der Waals surface area contributed by atoms with Crippen molar-refractivity contribution in [3.63, 3.8) is 0 Å². The minimum Gasteiger partial charge on any atom is -0.316 e. The van der Waals surface area contributed by atoms with Crippen molar-refractivity contribution in [2.24, 2.45) is 0 Å². The van der Waals surface area contributed by atoms with E-state index in [0.29, 0.717) is 5.92 Å². The van der Waals surface area contributed by atoms with E-state index in [1.165, 1.54) is 17.5 Å². The van der Waals surface area contributed by atoms with Crippen molar-refractivity contribution in [3.05, 3.63) is 42.0 Å². The molecule has 1 heteroatoms. The molecule has 1 atom stereocenters. The fraction of sp³-hybridized carbons (Fsp3) is 0.333. The molecule has 1 nitrogen and oxygen atoms in total. The Morgan fingerprint density at radius 2 is 2.38 bits per heavy atom. The lowest BCUT2D eigenvalue weighted by atomic mass is 9.97. The van der Waals surface area contributed by atoms with Crippen molar-refractivity contribution in [2.75, 3.05) is 13.1 Å². The van der Waals surface area contributed by atoms with Crippen LogP contribution in [-0.2, 0) is 0 Å². The van der Waals surface area contributed by atoms with Crippen LogP contribution >= 0.6 is 0 Å². The van der Waals surface area contributed by atoms with Crippen LogP contribution < -0.4 is 5.32 Å². The van der Waals surface area contributed by atoms with Crippen molar-refractivity contribution < 1.29 is 0 Å². The molecule has 1 aromatic carbocycles. The van der Waals surface area contributed by atoms with Crippen molar-refractivity contribution in [1.82, 2.24) is 5.32 Å². The van der Waals surface area contributed by atoms with Crippen molar-refractivity contribution >= 4 is 6.08 Å². The first-order chi connectivity index (χ1) is 6.40. The highest BCUT2D eigenvalue weighted by Gasteiger charge is 2.15. The first-order valence-electron chi connectivity index (χ1n) is 4.83. The molecule has 0 aromatic heterocycles. The minimum atomic E-state index is 0.708. The molecule has 1 heterocycles. The maximum absolute atomic E-state index is 3.78. The number of rotatable bonds is 2. The Morgan fingerprint density at radius 3 is 3.08 bits per heavy atom. The van der Waals surface area contributed by atoms with Gasteiger partial charge < -0.3 is 5.32 Å². The van der Waals surface area contributed by atoms with Crippen molar-refractivity contribution in [2.45, 2.75) is 12.3 Å². The number of hydrogen-bond donors (Lipinski definition) is 1. The molecule has 1 fully saturated rings. The molecule has 0 aliphatic carbocycles. The monoisotopic (exact) mass is 173 g/mol. The zero-order chi connectivity index (χ0) is 9.10. The highest BCUT2D eigenvalue weighted by molar-refractivity contribution is 5.48. The van der Waals surface area contributed by atoms with Crippen LogP contribution in [0.1, 0.15) is 23.5 Å². The Morgan fingerprint density at radius 1 is 1.46 bits per heavy atom.